The maximum atomic E-state index is 12.8. The van der Waals surface area contributed by atoms with Crippen molar-refractivity contribution in [2.24, 2.45) is 15.3 Å². The monoisotopic (exact) mass is 407 g/mol. The van der Waals surface area contributed by atoms with Crippen molar-refractivity contribution >= 4 is 33.8 Å². The summed E-state index contributed by atoms with van der Waals surface area (Å²) in [6, 6.07) is 13.2. The van der Waals surface area contributed by atoms with Gasteiger partial charge >= 0.3 is 0 Å². The number of hydrogen-bond donors (Lipinski definition) is 1. The van der Waals surface area contributed by atoms with Gasteiger partial charge in [-0.05, 0) is 43.3 Å². The van der Waals surface area contributed by atoms with Crippen LogP contribution >= 0.6 is 11.3 Å². The first-order valence-electron chi connectivity index (χ1n) is 8.74. The number of thiazole rings is 1. The van der Waals surface area contributed by atoms with Crippen LogP contribution in [-0.2, 0) is 4.79 Å². The molecule has 1 aliphatic heterocycles. The summed E-state index contributed by atoms with van der Waals surface area (Å²) in [5.41, 5.74) is 2.46. The molecule has 0 unspecified atom stereocenters. The average Bonchev–Trinajstić information content (AvgIpc) is 3.33. The summed E-state index contributed by atoms with van der Waals surface area (Å²) in [6.07, 6.45) is 0. The molecule has 8 nitrogen and oxygen atoms in total. The summed E-state index contributed by atoms with van der Waals surface area (Å²) in [4.78, 5) is 17.3. The van der Waals surface area contributed by atoms with E-state index in [-0.39, 0.29) is 11.7 Å². The highest BCUT2D eigenvalue weighted by molar-refractivity contribution is 7.14. The molecule has 1 aromatic heterocycles. The van der Waals surface area contributed by atoms with Gasteiger partial charge in [-0.25, -0.2) is 4.98 Å². The van der Waals surface area contributed by atoms with Crippen molar-refractivity contribution in [2.75, 3.05) is 12.1 Å². The van der Waals surface area contributed by atoms with Crippen LogP contribution in [0.4, 0.5) is 10.8 Å². The van der Waals surface area contributed by atoms with E-state index in [4.69, 9.17) is 4.74 Å². The third kappa shape index (κ3) is 3.72. The fraction of sp³-hybridized carbons (Fsp3) is 0.150. The normalized spacial score (nSPS) is 16.5. The number of hydrogen-bond acceptors (Lipinski definition) is 8. The number of phenolic OH excluding ortho intramolecular Hbond substituents is 1. The number of benzene rings is 2. The molecule has 0 fully saturated rings. The molecular formula is C20H17N5O3S. The van der Waals surface area contributed by atoms with Gasteiger partial charge in [-0.2, -0.15) is 20.3 Å². The summed E-state index contributed by atoms with van der Waals surface area (Å²) in [7, 11) is 1.61. The molecule has 29 heavy (non-hydrogen) atoms. The van der Waals surface area contributed by atoms with E-state index in [9.17, 15) is 9.90 Å². The zero-order valence-electron chi connectivity index (χ0n) is 15.7. The lowest BCUT2D eigenvalue weighted by Gasteiger charge is -2.08. The molecule has 1 amide bonds. The van der Waals surface area contributed by atoms with Crippen molar-refractivity contribution in [3.8, 4) is 22.8 Å². The largest absolute Gasteiger partial charge is 0.506 e. The predicted molar refractivity (Wildman–Crippen MR) is 111 cm³/mol. The van der Waals surface area contributed by atoms with Gasteiger partial charge in [0.05, 0.1) is 18.5 Å². The number of azo groups is 1. The van der Waals surface area contributed by atoms with E-state index in [0.717, 1.165) is 17.0 Å². The first kappa shape index (κ1) is 18.8. The van der Waals surface area contributed by atoms with Gasteiger partial charge in [-0.3, -0.25) is 4.79 Å². The second-order valence-electron chi connectivity index (χ2n) is 6.24. The van der Waals surface area contributed by atoms with Gasteiger partial charge in [0, 0.05) is 10.9 Å². The topological polar surface area (TPSA) is 99.7 Å². The highest BCUT2D eigenvalue weighted by atomic mass is 32.1. The number of amides is 1. The van der Waals surface area contributed by atoms with E-state index in [2.05, 4.69) is 20.3 Å². The van der Waals surface area contributed by atoms with Gasteiger partial charge in [-0.1, -0.05) is 12.1 Å². The Balaban J connectivity index is 1.54. The summed E-state index contributed by atoms with van der Waals surface area (Å²) < 4.78 is 5.17. The fourth-order valence-electron chi connectivity index (χ4n) is 2.75. The van der Waals surface area contributed by atoms with Gasteiger partial charge in [0.1, 0.15) is 17.2 Å². The number of carbonyl (C=O) groups excluding carboxylic acids is 1. The molecule has 0 saturated heterocycles. The van der Waals surface area contributed by atoms with Gasteiger partial charge < -0.3 is 9.84 Å². The molecule has 0 aliphatic carbocycles. The van der Waals surface area contributed by atoms with Gasteiger partial charge in [0.2, 0.25) is 5.13 Å². The Morgan fingerprint density at radius 3 is 2.66 bits per heavy atom. The molecule has 4 rings (SSSR count). The number of methoxy groups -OCH3 is 1. The van der Waals surface area contributed by atoms with Crippen molar-refractivity contribution in [3.63, 3.8) is 0 Å². The molecule has 1 atom stereocenters. The molecule has 0 spiro atoms. The highest BCUT2D eigenvalue weighted by Crippen LogP contribution is 2.32. The van der Waals surface area contributed by atoms with Crippen molar-refractivity contribution in [3.05, 3.63) is 53.9 Å². The van der Waals surface area contributed by atoms with Crippen LogP contribution in [-0.4, -0.2) is 34.9 Å². The number of ether oxygens (including phenoxy) is 1. The minimum atomic E-state index is -0.844. The maximum Gasteiger partial charge on any atom is 0.282 e. The van der Waals surface area contributed by atoms with Crippen molar-refractivity contribution < 1.29 is 14.6 Å². The minimum absolute atomic E-state index is 0.00259. The lowest BCUT2D eigenvalue weighted by atomic mass is 10.2. The van der Waals surface area contributed by atoms with Crippen LogP contribution in [0.5, 0.6) is 11.5 Å². The van der Waals surface area contributed by atoms with Gasteiger partial charge in [0.15, 0.2) is 6.04 Å². The maximum absolute atomic E-state index is 12.8. The summed E-state index contributed by atoms with van der Waals surface area (Å²) in [5.74, 6) is 0.423. The molecule has 3 aromatic rings. The number of aromatic hydroxyl groups is 1. The first-order chi connectivity index (χ1) is 14.1. The molecule has 1 aliphatic rings. The van der Waals surface area contributed by atoms with E-state index >= 15 is 0 Å². The van der Waals surface area contributed by atoms with Crippen molar-refractivity contribution in [2.45, 2.75) is 13.0 Å². The van der Waals surface area contributed by atoms with Crippen LogP contribution < -0.4 is 9.75 Å². The van der Waals surface area contributed by atoms with Gasteiger partial charge in [-0.15, -0.1) is 11.3 Å². The number of carbonyl (C=O) groups is 1. The van der Waals surface area contributed by atoms with E-state index in [0.29, 0.717) is 16.5 Å². The van der Waals surface area contributed by atoms with Crippen molar-refractivity contribution in [1.29, 1.82) is 0 Å². The van der Waals surface area contributed by atoms with Crippen LogP contribution in [0.25, 0.3) is 11.3 Å². The summed E-state index contributed by atoms with van der Waals surface area (Å²) in [5, 5.41) is 25.8. The minimum Gasteiger partial charge on any atom is -0.506 e. The van der Waals surface area contributed by atoms with E-state index < -0.39 is 6.04 Å². The van der Waals surface area contributed by atoms with Gasteiger partial charge in [0.25, 0.3) is 5.91 Å². The SMILES string of the molecule is COc1ccc(-c2csc(N3N=C(C)[C@H](N=Nc4ccccc4O)C3=O)n2)cc1. The van der Waals surface area contributed by atoms with Crippen LogP contribution in [0.2, 0.25) is 0 Å². The second kappa shape index (κ2) is 7.80. The van der Waals surface area contributed by atoms with E-state index in [1.54, 1.807) is 32.2 Å². The molecule has 2 heterocycles. The molecular weight excluding hydrogens is 390 g/mol. The molecule has 2 aromatic carbocycles. The standard InChI is InChI=1S/C20H17N5O3S/c1-12-18(23-22-15-5-3-4-6-17(15)26)19(27)25(24-12)20-21-16(11-29-20)13-7-9-14(28-2)10-8-13/h3-11,18,26H,1-2H3/t18-/m0/s1. The predicted octanol–water partition coefficient (Wildman–Crippen LogP) is 4.40. The van der Waals surface area contributed by atoms with E-state index in [1.165, 1.54) is 22.4 Å². The number of aromatic nitrogens is 1. The number of phenols is 1. The quantitative estimate of drug-likeness (QED) is 0.634. The lowest BCUT2D eigenvalue weighted by Crippen LogP contribution is -2.29. The number of anilines is 1. The Bertz CT molecular complexity index is 1110. The van der Waals surface area contributed by atoms with Crippen LogP contribution in [0, 0.1) is 0 Å². The van der Waals surface area contributed by atoms with Crippen molar-refractivity contribution in [1.82, 2.24) is 4.98 Å². The molecule has 1 N–H and O–H groups in total. The molecule has 9 heteroatoms. The van der Waals surface area contributed by atoms with Crippen LogP contribution in [0.15, 0.2) is 69.2 Å². The van der Waals surface area contributed by atoms with Crippen LogP contribution in [0.3, 0.4) is 0 Å². The Morgan fingerprint density at radius 2 is 1.93 bits per heavy atom. The fourth-order valence-corrected chi connectivity index (χ4v) is 3.54. The first-order valence-corrected chi connectivity index (χ1v) is 9.62. The Hall–Kier alpha value is -3.59. The third-order valence-electron chi connectivity index (χ3n) is 4.32. The Morgan fingerprint density at radius 1 is 1.17 bits per heavy atom. The third-order valence-corrected chi connectivity index (χ3v) is 5.13. The Kier molecular flexibility index (Phi) is 5.05. The highest BCUT2D eigenvalue weighted by Gasteiger charge is 2.36. The summed E-state index contributed by atoms with van der Waals surface area (Å²) >= 11 is 1.32. The molecule has 0 radical (unpaired) electrons. The molecule has 146 valence electrons. The second-order valence-corrected chi connectivity index (χ2v) is 7.08. The Labute approximate surface area is 170 Å². The lowest BCUT2D eigenvalue weighted by molar-refractivity contribution is -0.117. The number of para-hydroxylation sites is 1. The van der Waals surface area contributed by atoms with E-state index in [1.807, 2.05) is 29.6 Å². The summed E-state index contributed by atoms with van der Waals surface area (Å²) in [6.45, 7) is 1.71. The zero-order valence-corrected chi connectivity index (χ0v) is 16.5. The average molecular weight is 407 g/mol. The number of hydrazone groups is 1. The number of nitrogens with zero attached hydrogens (tertiary/aromatic N) is 5. The smallest absolute Gasteiger partial charge is 0.282 e. The number of rotatable bonds is 5. The molecule has 0 bridgehead atoms. The van der Waals surface area contributed by atoms with Crippen LogP contribution in [0.1, 0.15) is 6.92 Å². The molecule has 0 saturated carbocycles. The zero-order chi connectivity index (χ0) is 20.4.